The van der Waals surface area contributed by atoms with Crippen molar-refractivity contribution in [1.82, 2.24) is 9.88 Å². The molecule has 0 saturated carbocycles. The summed E-state index contributed by atoms with van der Waals surface area (Å²) in [5.74, 6) is -0.460. The second-order valence-corrected chi connectivity index (χ2v) is 9.48. The van der Waals surface area contributed by atoms with Crippen molar-refractivity contribution >= 4 is 34.1 Å². The molecule has 0 saturated heterocycles. The molecule has 3 aromatic carbocycles. The first-order valence-corrected chi connectivity index (χ1v) is 12.8. The number of fused-ring (bicyclic) bond motifs is 1. The molecule has 0 spiro atoms. The van der Waals surface area contributed by atoms with Crippen LogP contribution in [0.5, 0.6) is 5.88 Å². The Morgan fingerprint density at radius 3 is 2.38 bits per heavy atom. The molecule has 1 aromatic heterocycles. The molecule has 0 bridgehead atoms. The summed E-state index contributed by atoms with van der Waals surface area (Å²) in [6.07, 6.45) is 1.13. The van der Waals surface area contributed by atoms with Crippen LogP contribution < -0.4 is 0 Å². The van der Waals surface area contributed by atoms with Crippen molar-refractivity contribution in [2.45, 2.75) is 19.8 Å². The van der Waals surface area contributed by atoms with E-state index in [1.54, 1.807) is 30.3 Å². The number of methoxy groups -OCH3 is 1. The number of hydrogen-bond acceptors (Lipinski definition) is 7. The number of esters is 1. The van der Waals surface area contributed by atoms with Gasteiger partial charge in [-0.3, -0.25) is 4.79 Å². The summed E-state index contributed by atoms with van der Waals surface area (Å²) in [7, 11) is 3.25. The van der Waals surface area contributed by atoms with Crippen LogP contribution in [-0.2, 0) is 4.74 Å². The van der Waals surface area contributed by atoms with Crippen molar-refractivity contribution in [3.8, 4) is 5.88 Å². The van der Waals surface area contributed by atoms with Crippen molar-refractivity contribution in [1.29, 1.82) is 0 Å². The van der Waals surface area contributed by atoms with E-state index in [-0.39, 0.29) is 18.3 Å². The quantitative estimate of drug-likeness (QED) is 0.143. The molecule has 8 nitrogen and oxygen atoms in total. The van der Waals surface area contributed by atoms with Gasteiger partial charge in [-0.2, -0.15) is 0 Å². The zero-order valence-electron chi connectivity index (χ0n) is 22.4. The molecule has 0 unspecified atom stereocenters. The standard InChI is InChI=1S/C31H33N3O5/c1-20-18-25-26(19-24(20)31(38)39-3)33-30(37)28(25)29(22-8-5-4-6-9-22)32-23-13-11-21(12-14-23)27(36)10-7-15-34(2)16-17-35/h4-6,8-9,11-14,18-19,33,35,37H,7,10,15-17H2,1-3H3. The van der Waals surface area contributed by atoms with Gasteiger partial charge in [-0.25, -0.2) is 9.79 Å². The largest absolute Gasteiger partial charge is 0.494 e. The van der Waals surface area contributed by atoms with Crippen molar-refractivity contribution in [3.63, 3.8) is 0 Å². The lowest BCUT2D eigenvalue weighted by Gasteiger charge is -2.14. The van der Waals surface area contributed by atoms with Crippen LogP contribution in [-0.4, -0.2) is 71.4 Å². The summed E-state index contributed by atoms with van der Waals surface area (Å²) in [5, 5.41) is 20.7. The summed E-state index contributed by atoms with van der Waals surface area (Å²) in [6.45, 7) is 3.24. The Morgan fingerprint density at radius 1 is 1.00 bits per heavy atom. The summed E-state index contributed by atoms with van der Waals surface area (Å²) in [6, 6.07) is 20.2. The van der Waals surface area contributed by atoms with Crippen LogP contribution in [0.25, 0.3) is 10.9 Å². The number of ether oxygens (including phenoxy) is 1. The molecule has 0 aliphatic carbocycles. The number of nitrogens with zero attached hydrogens (tertiary/aromatic N) is 2. The number of Topliss-reactive ketones (excluding diaryl/α,β-unsaturated/α-hetero) is 1. The average Bonchev–Trinajstić information content (AvgIpc) is 3.25. The van der Waals surface area contributed by atoms with E-state index in [1.807, 2.05) is 55.3 Å². The van der Waals surface area contributed by atoms with Crippen LogP contribution in [0.1, 0.15) is 50.2 Å². The Bertz CT molecular complexity index is 1490. The average molecular weight is 528 g/mol. The van der Waals surface area contributed by atoms with E-state index in [1.165, 1.54) is 7.11 Å². The molecule has 0 atom stereocenters. The molecule has 0 amide bonds. The van der Waals surface area contributed by atoms with Gasteiger partial charge in [0.15, 0.2) is 11.7 Å². The van der Waals surface area contributed by atoms with E-state index >= 15 is 0 Å². The molecule has 4 aromatic rings. The highest BCUT2D eigenvalue weighted by Gasteiger charge is 2.21. The predicted molar refractivity (Wildman–Crippen MR) is 152 cm³/mol. The lowest BCUT2D eigenvalue weighted by Crippen LogP contribution is -2.23. The molecular weight excluding hydrogens is 494 g/mol. The van der Waals surface area contributed by atoms with Crippen LogP contribution in [0.4, 0.5) is 5.69 Å². The second kappa shape index (κ2) is 12.5. The summed E-state index contributed by atoms with van der Waals surface area (Å²) in [4.78, 5) is 34.7. The van der Waals surface area contributed by atoms with Gasteiger partial charge in [-0.1, -0.05) is 30.3 Å². The summed E-state index contributed by atoms with van der Waals surface area (Å²) in [5.41, 5.74) is 4.83. The number of benzene rings is 3. The van der Waals surface area contributed by atoms with Gasteiger partial charge in [-0.05, 0) is 68.9 Å². The molecule has 0 radical (unpaired) electrons. The zero-order valence-corrected chi connectivity index (χ0v) is 22.4. The van der Waals surface area contributed by atoms with E-state index in [4.69, 9.17) is 14.8 Å². The third-order valence-corrected chi connectivity index (χ3v) is 6.67. The topological polar surface area (TPSA) is 115 Å². The summed E-state index contributed by atoms with van der Waals surface area (Å²) < 4.78 is 4.89. The number of aliphatic hydroxyl groups excluding tert-OH is 1. The highest BCUT2D eigenvalue weighted by atomic mass is 16.5. The molecule has 39 heavy (non-hydrogen) atoms. The Kier molecular flexibility index (Phi) is 8.91. The third kappa shape index (κ3) is 6.42. The fourth-order valence-corrected chi connectivity index (χ4v) is 4.55. The number of carbonyl (C=O) groups excluding carboxylic acids is 2. The first kappa shape index (κ1) is 27.8. The van der Waals surface area contributed by atoms with Gasteiger partial charge in [0.05, 0.1) is 36.2 Å². The fourth-order valence-electron chi connectivity index (χ4n) is 4.55. The van der Waals surface area contributed by atoms with E-state index in [0.717, 1.165) is 17.5 Å². The number of rotatable bonds is 11. The highest BCUT2D eigenvalue weighted by Crippen LogP contribution is 2.33. The predicted octanol–water partition coefficient (Wildman–Crippen LogP) is 5.02. The lowest BCUT2D eigenvalue weighted by molar-refractivity contribution is 0.0600. The Morgan fingerprint density at radius 2 is 1.72 bits per heavy atom. The van der Waals surface area contributed by atoms with E-state index in [2.05, 4.69) is 4.98 Å². The first-order valence-electron chi connectivity index (χ1n) is 12.8. The number of aromatic amines is 1. The molecular formula is C31H33N3O5. The monoisotopic (exact) mass is 527 g/mol. The minimum Gasteiger partial charge on any atom is -0.494 e. The molecule has 8 heteroatoms. The van der Waals surface area contributed by atoms with Crippen LogP contribution in [0.3, 0.4) is 0 Å². The van der Waals surface area contributed by atoms with Crippen LogP contribution in [0, 0.1) is 6.92 Å². The maximum absolute atomic E-state index is 12.7. The van der Waals surface area contributed by atoms with Gasteiger partial charge in [0, 0.05) is 35.0 Å². The number of aromatic hydroxyl groups is 1. The van der Waals surface area contributed by atoms with Gasteiger partial charge >= 0.3 is 5.97 Å². The minimum absolute atomic E-state index is 0.0531. The fraction of sp³-hybridized carbons (Fsp3) is 0.258. The number of ketones is 1. The third-order valence-electron chi connectivity index (χ3n) is 6.67. The Hall–Kier alpha value is -4.27. The van der Waals surface area contributed by atoms with Gasteiger partial charge < -0.3 is 24.8 Å². The van der Waals surface area contributed by atoms with Crippen molar-refractivity contribution in [2.24, 2.45) is 4.99 Å². The molecule has 4 rings (SSSR count). The Labute approximate surface area is 227 Å². The maximum atomic E-state index is 12.7. The number of aliphatic imine (C=N–C) groups is 1. The van der Waals surface area contributed by atoms with Gasteiger partial charge in [0.1, 0.15) is 0 Å². The molecule has 3 N–H and O–H groups in total. The minimum atomic E-state index is -0.450. The number of nitrogens with one attached hydrogen (secondary N) is 1. The van der Waals surface area contributed by atoms with Crippen molar-refractivity contribution < 1.29 is 24.5 Å². The zero-order chi connectivity index (χ0) is 27.9. The molecule has 0 fully saturated rings. The number of likely N-dealkylation sites (N-methyl/N-ethyl adjacent to an activating group) is 1. The number of aliphatic hydroxyl groups is 1. The summed E-state index contributed by atoms with van der Waals surface area (Å²) >= 11 is 0. The van der Waals surface area contributed by atoms with Gasteiger partial charge in [-0.15, -0.1) is 0 Å². The Balaban J connectivity index is 1.68. The normalized spacial score (nSPS) is 11.8. The molecule has 202 valence electrons. The van der Waals surface area contributed by atoms with Gasteiger partial charge in [0.25, 0.3) is 0 Å². The first-order chi connectivity index (χ1) is 18.8. The van der Waals surface area contributed by atoms with Gasteiger partial charge in [0.2, 0.25) is 0 Å². The van der Waals surface area contributed by atoms with Crippen LogP contribution in [0.2, 0.25) is 0 Å². The molecule has 0 aliphatic rings. The number of carbonyl (C=O) groups is 2. The SMILES string of the molecule is COC(=O)c1cc2[nH]c(O)c(C(=Nc3ccc(C(=O)CCCN(C)CCO)cc3)c3ccccc3)c2cc1C. The number of H-pyrrole nitrogens is 1. The van der Waals surface area contributed by atoms with Crippen molar-refractivity contribution in [3.05, 3.63) is 94.5 Å². The number of hydrogen-bond donors (Lipinski definition) is 3. The smallest absolute Gasteiger partial charge is 0.338 e. The highest BCUT2D eigenvalue weighted by molar-refractivity contribution is 6.22. The molecule has 1 heterocycles. The second-order valence-electron chi connectivity index (χ2n) is 9.48. The van der Waals surface area contributed by atoms with E-state index < -0.39 is 5.97 Å². The van der Waals surface area contributed by atoms with Crippen LogP contribution >= 0.6 is 0 Å². The molecule has 0 aliphatic heterocycles. The lowest BCUT2D eigenvalue weighted by atomic mass is 9.98. The number of aryl methyl sites for hydroxylation is 1. The number of aromatic nitrogens is 1. The maximum Gasteiger partial charge on any atom is 0.338 e. The van der Waals surface area contributed by atoms with Crippen molar-refractivity contribution in [2.75, 3.05) is 33.9 Å². The van der Waals surface area contributed by atoms with Crippen LogP contribution in [0.15, 0.2) is 71.7 Å². The van der Waals surface area contributed by atoms with E-state index in [9.17, 15) is 14.7 Å². The van der Waals surface area contributed by atoms with E-state index in [0.29, 0.717) is 58.6 Å².